The highest BCUT2D eigenvalue weighted by molar-refractivity contribution is 7.99. The van der Waals surface area contributed by atoms with Gasteiger partial charge in [0.2, 0.25) is 0 Å². The summed E-state index contributed by atoms with van der Waals surface area (Å²) in [4.78, 5) is 44.4. The number of aromatic nitrogens is 1. The van der Waals surface area contributed by atoms with Gasteiger partial charge in [0.1, 0.15) is 11.3 Å². The van der Waals surface area contributed by atoms with Crippen molar-refractivity contribution in [1.82, 2.24) is 14.8 Å². The van der Waals surface area contributed by atoms with Gasteiger partial charge in [-0.1, -0.05) is 41.0 Å². The van der Waals surface area contributed by atoms with Gasteiger partial charge in [0.05, 0.1) is 22.3 Å². The number of pyridine rings is 1. The number of nitrogens with zero attached hydrogens (tertiary/aromatic N) is 3. The number of carbonyl (C=O) groups excluding carboxylic acids is 2. The molecule has 234 valence electrons. The summed E-state index contributed by atoms with van der Waals surface area (Å²) >= 11 is 18.3. The van der Waals surface area contributed by atoms with Crippen LogP contribution in [0.5, 0.6) is 5.75 Å². The van der Waals surface area contributed by atoms with Gasteiger partial charge in [-0.05, 0) is 47.9 Å². The molecular formula is C27H20Cl3F5N4O4S. The van der Waals surface area contributed by atoms with Crippen LogP contribution in [0, 0.1) is 5.82 Å². The van der Waals surface area contributed by atoms with Crippen molar-refractivity contribution in [2.75, 3.05) is 24.5 Å². The fraction of sp³-hybridized carbons (Fsp3) is 0.296. The second kappa shape index (κ2) is 12.3. The lowest BCUT2D eigenvalue weighted by molar-refractivity contribution is 0.0739. The van der Waals surface area contributed by atoms with E-state index in [1.54, 1.807) is 0 Å². The molecule has 1 saturated heterocycles. The van der Waals surface area contributed by atoms with E-state index >= 15 is 4.39 Å². The van der Waals surface area contributed by atoms with Crippen molar-refractivity contribution in [3.63, 3.8) is 0 Å². The van der Waals surface area contributed by atoms with Crippen LogP contribution in [-0.2, 0) is 18.5 Å². The largest absolute Gasteiger partial charge is 0.503 e. The van der Waals surface area contributed by atoms with E-state index in [4.69, 9.17) is 34.8 Å². The molecule has 2 aliphatic rings. The molecule has 0 atom stereocenters. The van der Waals surface area contributed by atoms with Gasteiger partial charge in [0, 0.05) is 41.5 Å². The molecule has 0 bridgehead atoms. The molecule has 1 aromatic heterocycles. The number of anilines is 1. The highest BCUT2D eigenvalue weighted by Gasteiger charge is 2.37. The Balaban J connectivity index is 1.50. The number of rotatable bonds is 7. The molecule has 2 aromatic carbocycles. The fourth-order valence-electron chi connectivity index (χ4n) is 4.99. The summed E-state index contributed by atoms with van der Waals surface area (Å²) in [5.74, 6) is -3.04. The molecule has 3 amide bonds. The normalized spacial score (nSPS) is 15.4. The van der Waals surface area contributed by atoms with Gasteiger partial charge in [-0.15, -0.1) is 0 Å². The number of amides is 3. The van der Waals surface area contributed by atoms with Gasteiger partial charge >= 0.3 is 11.4 Å². The van der Waals surface area contributed by atoms with Crippen molar-refractivity contribution in [1.29, 1.82) is 0 Å². The van der Waals surface area contributed by atoms with Crippen LogP contribution in [0.1, 0.15) is 33.6 Å². The minimum atomic E-state index is -4.00. The first-order valence-electron chi connectivity index (χ1n) is 12.8. The zero-order valence-electron chi connectivity index (χ0n) is 22.2. The Morgan fingerprint density at radius 1 is 1.11 bits per heavy atom. The lowest BCUT2D eigenvalue weighted by Crippen LogP contribution is -2.51. The van der Waals surface area contributed by atoms with E-state index in [9.17, 15) is 37.1 Å². The number of halogens is 8. The minimum absolute atomic E-state index is 0.0190. The Kier molecular flexibility index (Phi) is 9.00. The molecule has 2 aliphatic heterocycles. The smallest absolute Gasteiger partial charge is 0.362 e. The number of nitrogens with one attached hydrogen (secondary N) is 1. The third-order valence-electron chi connectivity index (χ3n) is 7.02. The molecule has 8 nitrogen and oxygen atoms in total. The van der Waals surface area contributed by atoms with E-state index < -0.39 is 65.2 Å². The van der Waals surface area contributed by atoms with Crippen molar-refractivity contribution in [3.05, 3.63) is 78.9 Å². The summed E-state index contributed by atoms with van der Waals surface area (Å²) in [6, 6.07) is 5.69. The monoisotopic (exact) mass is 696 g/mol. The van der Waals surface area contributed by atoms with Crippen LogP contribution in [-0.4, -0.2) is 57.9 Å². The molecule has 3 aromatic rings. The molecule has 0 radical (unpaired) electrons. The molecule has 3 heterocycles. The van der Waals surface area contributed by atoms with E-state index in [2.05, 4.69) is 0 Å². The van der Waals surface area contributed by atoms with Crippen LogP contribution in [0.15, 0.2) is 44.9 Å². The third-order valence-corrected chi connectivity index (χ3v) is 9.26. The predicted molar refractivity (Wildman–Crippen MR) is 154 cm³/mol. The lowest BCUT2D eigenvalue weighted by atomic mass is 10.1. The van der Waals surface area contributed by atoms with Gasteiger partial charge in [0.25, 0.3) is 17.9 Å². The number of aromatic hydroxyl groups is 1. The molecule has 0 spiro atoms. The van der Waals surface area contributed by atoms with Crippen LogP contribution in [0.4, 0.5) is 32.4 Å². The molecule has 0 unspecified atom stereocenters. The number of phenolic OH excluding ortho intramolecular Hbond substituents is 1. The Morgan fingerprint density at radius 2 is 1.80 bits per heavy atom. The zero-order valence-corrected chi connectivity index (χ0v) is 25.2. The summed E-state index contributed by atoms with van der Waals surface area (Å²) in [6.07, 6.45) is -2.52. The molecule has 44 heavy (non-hydrogen) atoms. The standard InChI is InChI=1S/C27H20Cl3F5N4O4S/c28-14-3-1-4-15(29)23(14)44-17-8-18(27(30,34)35)36-24(41)20(17)25(42)38-9-12-7-16(22(40)21(33)13(12)10-38)39-6-2-5-37(26(39)43)11-19(31)32/h1,3-4,7-8,19,40H,2,5-6,9-11H2,(H,36,41). The number of fused-ring (bicyclic) bond motifs is 1. The third kappa shape index (κ3) is 6.17. The van der Waals surface area contributed by atoms with E-state index in [0.717, 1.165) is 20.8 Å². The Bertz CT molecular complexity index is 1700. The molecule has 0 aliphatic carbocycles. The molecule has 5 rings (SSSR count). The maximum absolute atomic E-state index is 15.5. The summed E-state index contributed by atoms with van der Waals surface area (Å²) in [6.45, 7) is -1.49. The average molecular weight is 698 g/mol. The zero-order chi connectivity index (χ0) is 32.1. The van der Waals surface area contributed by atoms with Crippen LogP contribution in [0.25, 0.3) is 0 Å². The number of phenols is 1. The molecule has 2 N–H and O–H groups in total. The van der Waals surface area contributed by atoms with E-state index in [0.29, 0.717) is 11.8 Å². The van der Waals surface area contributed by atoms with Crippen LogP contribution >= 0.6 is 46.6 Å². The number of alkyl halides is 5. The van der Waals surface area contributed by atoms with Gasteiger partial charge in [-0.3, -0.25) is 14.5 Å². The van der Waals surface area contributed by atoms with E-state index in [1.165, 1.54) is 24.3 Å². The number of benzene rings is 2. The fourth-order valence-corrected chi connectivity index (χ4v) is 6.73. The molecule has 0 saturated carbocycles. The number of hydrogen-bond acceptors (Lipinski definition) is 5. The molecule has 1 fully saturated rings. The van der Waals surface area contributed by atoms with Crippen LogP contribution in [0.2, 0.25) is 10.0 Å². The van der Waals surface area contributed by atoms with Gasteiger partial charge < -0.3 is 19.9 Å². The quantitative estimate of drug-likeness (QED) is 0.205. The maximum Gasteiger partial charge on any atom is 0.362 e. The van der Waals surface area contributed by atoms with Crippen molar-refractivity contribution < 1.29 is 36.6 Å². The number of hydrogen-bond donors (Lipinski definition) is 2. The first-order valence-corrected chi connectivity index (χ1v) is 14.8. The number of H-pyrrole nitrogens is 1. The first-order chi connectivity index (χ1) is 20.7. The predicted octanol–water partition coefficient (Wildman–Crippen LogP) is 7.02. The Hall–Kier alpha value is -3.20. The van der Waals surface area contributed by atoms with E-state index in [1.807, 2.05) is 4.98 Å². The Labute approximate surface area is 265 Å². The van der Waals surface area contributed by atoms with Crippen LogP contribution in [0.3, 0.4) is 0 Å². The molecular weight excluding hydrogens is 678 g/mol. The van der Waals surface area contributed by atoms with Gasteiger partial charge in [0.15, 0.2) is 11.6 Å². The highest BCUT2D eigenvalue weighted by Crippen LogP contribution is 2.43. The van der Waals surface area contributed by atoms with Crippen molar-refractivity contribution >= 4 is 64.2 Å². The van der Waals surface area contributed by atoms with Crippen LogP contribution < -0.4 is 10.5 Å². The number of urea groups is 1. The van der Waals surface area contributed by atoms with Crippen molar-refractivity contribution in [2.45, 2.75) is 41.1 Å². The summed E-state index contributed by atoms with van der Waals surface area (Å²) in [5, 5.41) is 6.86. The topological polar surface area (TPSA) is 97.0 Å². The minimum Gasteiger partial charge on any atom is -0.503 e. The van der Waals surface area contributed by atoms with Gasteiger partial charge in [-0.2, -0.15) is 8.78 Å². The number of aromatic amines is 1. The SMILES string of the molecule is O=C(c1c(Sc2c(Cl)cccc2Cl)cc(C(F)(F)Cl)[nH]c1=O)N1Cc2cc(N3CCCN(CC(F)F)C3=O)c(O)c(F)c2C1. The van der Waals surface area contributed by atoms with Crippen molar-refractivity contribution in [2.24, 2.45) is 0 Å². The van der Waals surface area contributed by atoms with Crippen molar-refractivity contribution in [3.8, 4) is 5.75 Å². The first kappa shape index (κ1) is 32.2. The van der Waals surface area contributed by atoms with E-state index in [-0.39, 0.29) is 62.7 Å². The number of carbonyl (C=O) groups is 2. The second-order valence-electron chi connectivity index (χ2n) is 9.88. The molecule has 17 heteroatoms. The van der Waals surface area contributed by atoms with Gasteiger partial charge in [-0.25, -0.2) is 18.0 Å². The summed E-state index contributed by atoms with van der Waals surface area (Å²) < 4.78 is 69.4. The second-order valence-corrected chi connectivity index (χ2v) is 12.2. The Morgan fingerprint density at radius 3 is 2.43 bits per heavy atom. The maximum atomic E-state index is 15.5. The summed E-state index contributed by atoms with van der Waals surface area (Å²) in [7, 11) is 0. The summed E-state index contributed by atoms with van der Waals surface area (Å²) in [5.41, 5.74) is -3.00. The lowest BCUT2D eigenvalue weighted by Gasteiger charge is -2.35. The average Bonchev–Trinajstić information content (AvgIpc) is 3.37. The highest BCUT2D eigenvalue weighted by atomic mass is 35.5.